The molecule has 0 fully saturated rings. The van der Waals surface area contributed by atoms with Gasteiger partial charge in [-0.2, -0.15) is 5.10 Å². The maximum absolute atomic E-state index is 13.2. The zero-order chi connectivity index (χ0) is 22.3. The zero-order valence-electron chi connectivity index (χ0n) is 17.3. The Hall–Kier alpha value is -3.23. The highest BCUT2D eigenvalue weighted by Gasteiger charge is 2.22. The van der Waals surface area contributed by atoms with Crippen LogP contribution in [0.15, 0.2) is 35.7 Å². The number of nitrogens with zero attached hydrogens (tertiary/aromatic N) is 3. The lowest BCUT2D eigenvalue weighted by atomic mass is 10.1. The predicted molar refractivity (Wildman–Crippen MR) is 122 cm³/mol. The van der Waals surface area contributed by atoms with Crippen molar-refractivity contribution in [3.8, 4) is 5.69 Å². The molecule has 0 saturated heterocycles. The van der Waals surface area contributed by atoms with E-state index in [1.165, 1.54) is 18.4 Å². The molecule has 0 aliphatic carbocycles. The molecular weight excluding hydrogens is 436 g/mol. The maximum Gasteiger partial charge on any atom is 0.350 e. The highest BCUT2D eigenvalue weighted by Crippen LogP contribution is 2.30. The Morgan fingerprint density at radius 1 is 1.19 bits per heavy atom. The van der Waals surface area contributed by atoms with Gasteiger partial charge < -0.3 is 10.1 Å². The summed E-state index contributed by atoms with van der Waals surface area (Å²) in [4.78, 5) is 30.2. The van der Waals surface area contributed by atoms with Gasteiger partial charge in [0.2, 0.25) is 0 Å². The summed E-state index contributed by atoms with van der Waals surface area (Å²) in [6.45, 7) is 5.56. The summed E-state index contributed by atoms with van der Waals surface area (Å²) >= 11 is 7.51. The number of benzene rings is 1. The van der Waals surface area contributed by atoms with Gasteiger partial charge in [-0.15, -0.1) is 11.3 Å². The Bertz CT molecular complexity index is 1340. The molecule has 0 saturated carbocycles. The van der Waals surface area contributed by atoms with Gasteiger partial charge in [-0.1, -0.05) is 17.7 Å². The van der Waals surface area contributed by atoms with Crippen LogP contribution in [-0.2, 0) is 4.74 Å². The van der Waals surface area contributed by atoms with E-state index in [1.807, 2.05) is 39.0 Å². The molecule has 4 aromatic rings. The van der Waals surface area contributed by atoms with E-state index in [1.54, 1.807) is 22.2 Å². The van der Waals surface area contributed by atoms with Gasteiger partial charge in [0.15, 0.2) is 5.65 Å². The van der Waals surface area contributed by atoms with Gasteiger partial charge in [-0.3, -0.25) is 4.79 Å². The number of methoxy groups -OCH3 is 1. The Kier molecular flexibility index (Phi) is 5.51. The van der Waals surface area contributed by atoms with Crippen molar-refractivity contribution in [2.75, 3.05) is 12.4 Å². The predicted octanol–water partition coefficient (Wildman–Crippen LogP) is 5.10. The SMILES string of the molecule is COC(=O)c1sccc1NC(=O)c1cc(C)nc2c1c(C)nn2-c1cccc(Cl)c1C. The van der Waals surface area contributed by atoms with Crippen LogP contribution in [-0.4, -0.2) is 33.8 Å². The fourth-order valence-electron chi connectivity index (χ4n) is 3.43. The Morgan fingerprint density at radius 2 is 1.97 bits per heavy atom. The minimum absolute atomic E-state index is 0.333. The molecule has 0 unspecified atom stereocenters. The number of aryl methyl sites for hydroxylation is 2. The number of esters is 1. The quantitative estimate of drug-likeness (QED) is 0.433. The molecule has 0 spiro atoms. The van der Waals surface area contributed by atoms with E-state index in [9.17, 15) is 9.59 Å². The Morgan fingerprint density at radius 3 is 2.71 bits per heavy atom. The number of anilines is 1. The summed E-state index contributed by atoms with van der Waals surface area (Å²) in [5.74, 6) is -0.855. The van der Waals surface area contributed by atoms with Crippen molar-refractivity contribution in [3.05, 3.63) is 68.1 Å². The lowest BCUT2D eigenvalue weighted by molar-refractivity contribution is 0.0607. The molecule has 1 N–H and O–H groups in total. The number of fused-ring (bicyclic) bond motifs is 1. The molecule has 3 aromatic heterocycles. The summed E-state index contributed by atoms with van der Waals surface area (Å²) < 4.78 is 6.50. The van der Waals surface area contributed by atoms with Crippen molar-refractivity contribution in [2.24, 2.45) is 0 Å². The average Bonchev–Trinajstić information content (AvgIpc) is 3.33. The maximum atomic E-state index is 13.2. The van der Waals surface area contributed by atoms with E-state index in [-0.39, 0.29) is 5.91 Å². The lowest BCUT2D eigenvalue weighted by Gasteiger charge is -2.10. The summed E-state index contributed by atoms with van der Waals surface area (Å²) in [6.07, 6.45) is 0. The van der Waals surface area contributed by atoms with Crippen LogP contribution in [0, 0.1) is 20.8 Å². The van der Waals surface area contributed by atoms with Crippen LogP contribution >= 0.6 is 22.9 Å². The number of hydrogen-bond donors (Lipinski definition) is 1. The van der Waals surface area contributed by atoms with Crippen molar-refractivity contribution in [1.29, 1.82) is 0 Å². The third-order valence-corrected chi connectivity index (χ3v) is 6.24. The second-order valence-corrected chi connectivity index (χ2v) is 8.32. The standard InChI is InChI=1S/C22H19ClN4O3S/c1-11-10-14(21(28)25-16-8-9-31-19(16)22(29)30-4)18-13(3)26-27(20(18)24-11)17-7-5-6-15(23)12(17)2/h5-10H,1-4H3,(H,25,28). The first-order valence-electron chi connectivity index (χ1n) is 9.41. The second-order valence-electron chi connectivity index (χ2n) is 7.00. The molecule has 9 heteroatoms. The third-order valence-electron chi connectivity index (χ3n) is 4.94. The number of aromatic nitrogens is 3. The number of nitrogens with one attached hydrogen (secondary N) is 1. The number of carbonyl (C=O) groups excluding carboxylic acids is 2. The van der Waals surface area contributed by atoms with E-state index >= 15 is 0 Å². The van der Waals surface area contributed by atoms with Crippen molar-refractivity contribution in [1.82, 2.24) is 14.8 Å². The van der Waals surface area contributed by atoms with Crippen LogP contribution in [0.3, 0.4) is 0 Å². The molecule has 0 radical (unpaired) electrons. The van der Waals surface area contributed by atoms with Gasteiger partial charge in [0.05, 0.1) is 35.1 Å². The number of hydrogen-bond acceptors (Lipinski definition) is 6. The van der Waals surface area contributed by atoms with Crippen molar-refractivity contribution in [3.63, 3.8) is 0 Å². The molecule has 0 atom stereocenters. The van der Waals surface area contributed by atoms with Crippen molar-refractivity contribution >= 4 is 51.5 Å². The topological polar surface area (TPSA) is 86.1 Å². The lowest BCUT2D eigenvalue weighted by Crippen LogP contribution is -2.15. The van der Waals surface area contributed by atoms with Crippen LogP contribution in [0.4, 0.5) is 5.69 Å². The molecule has 7 nitrogen and oxygen atoms in total. The normalized spacial score (nSPS) is 11.0. The number of halogens is 1. The largest absolute Gasteiger partial charge is 0.465 e. The van der Waals surface area contributed by atoms with Crippen LogP contribution in [0.5, 0.6) is 0 Å². The van der Waals surface area contributed by atoms with Crippen molar-refractivity contribution < 1.29 is 14.3 Å². The van der Waals surface area contributed by atoms with Gasteiger partial charge in [0, 0.05) is 10.7 Å². The first-order valence-corrected chi connectivity index (χ1v) is 10.7. The number of pyridine rings is 1. The van der Waals surface area contributed by atoms with Crippen LogP contribution in [0.2, 0.25) is 5.02 Å². The molecule has 0 aliphatic heterocycles. The van der Waals surface area contributed by atoms with E-state index in [4.69, 9.17) is 16.3 Å². The highest BCUT2D eigenvalue weighted by atomic mass is 35.5. The van der Waals surface area contributed by atoms with Crippen LogP contribution < -0.4 is 5.32 Å². The number of ether oxygens (including phenoxy) is 1. The summed E-state index contributed by atoms with van der Waals surface area (Å²) in [7, 11) is 1.30. The van der Waals surface area contributed by atoms with Gasteiger partial charge in [0.1, 0.15) is 4.88 Å². The molecule has 1 amide bonds. The number of thiophene rings is 1. The molecule has 4 rings (SSSR count). The summed E-state index contributed by atoms with van der Waals surface area (Å²) in [5, 5.41) is 10.5. The molecule has 0 bridgehead atoms. The molecule has 3 heterocycles. The summed E-state index contributed by atoms with van der Waals surface area (Å²) in [5.41, 5.74) is 4.37. The second kappa shape index (κ2) is 8.13. The highest BCUT2D eigenvalue weighted by molar-refractivity contribution is 7.12. The Balaban J connectivity index is 1.84. The van der Waals surface area contributed by atoms with E-state index < -0.39 is 5.97 Å². The smallest absolute Gasteiger partial charge is 0.350 e. The zero-order valence-corrected chi connectivity index (χ0v) is 18.9. The Labute approximate surface area is 187 Å². The number of amides is 1. The summed E-state index contributed by atoms with van der Waals surface area (Å²) in [6, 6.07) is 8.96. The number of carbonyl (C=O) groups is 2. The van der Waals surface area contributed by atoms with Crippen LogP contribution in [0.1, 0.15) is 37.0 Å². The minimum atomic E-state index is -0.498. The van der Waals surface area contributed by atoms with E-state index in [0.717, 1.165) is 11.3 Å². The van der Waals surface area contributed by atoms with Gasteiger partial charge in [0.25, 0.3) is 5.91 Å². The molecule has 158 valence electrons. The monoisotopic (exact) mass is 454 g/mol. The van der Waals surface area contributed by atoms with Gasteiger partial charge in [-0.25, -0.2) is 14.5 Å². The molecular formula is C22H19ClN4O3S. The fourth-order valence-corrected chi connectivity index (χ4v) is 4.37. The van der Waals surface area contributed by atoms with E-state index in [2.05, 4.69) is 15.4 Å². The minimum Gasteiger partial charge on any atom is -0.465 e. The molecule has 31 heavy (non-hydrogen) atoms. The fraction of sp³-hybridized carbons (Fsp3) is 0.182. The number of rotatable bonds is 4. The third kappa shape index (κ3) is 3.68. The first kappa shape index (κ1) is 21.0. The van der Waals surface area contributed by atoms with Gasteiger partial charge >= 0.3 is 5.97 Å². The van der Waals surface area contributed by atoms with Gasteiger partial charge in [-0.05, 0) is 56.0 Å². The average molecular weight is 455 g/mol. The molecule has 1 aromatic carbocycles. The van der Waals surface area contributed by atoms with E-state index in [0.29, 0.717) is 43.6 Å². The van der Waals surface area contributed by atoms with Crippen LogP contribution in [0.25, 0.3) is 16.7 Å². The molecule has 0 aliphatic rings. The first-order chi connectivity index (χ1) is 14.8. The van der Waals surface area contributed by atoms with Crippen molar-refractivity contribution in [2.45, 2.75) is 20.8 Å².